The third kappa shape index (κ3) is 11.1. The first-order valence-corrected chi connectivity index (χ1v) is 6.63. The molecule has 0 spiro atoms. The summed E-state index contributed by atoms with van der Waals surface area (Å²) in [4.78, 5) is 13.9. The summed E-state index contributed by atoms with van der Waals surface area (Å²) in [5.41, 5.74) is 12.0. The molecule has 0 aliphatic heterocycles. The second kappa shape index (κ2) is 10.2. The largest absolute Gasteiger partial charge is 0.361 e. The molecule has 0 aliphatic rings. The van der Waals surface area contributed by atoms with E-state index in [0.717, 1.165) is 37.5 Å². The highest BCUT2D eigenvalue weighted by Gasteiger charge is 1.98. The van der Waals surface area contributed by atoms with Gasteiger partial charge in [0.2, 0.25) is 0 Å². The lowest BCUT2D eigenvalue weighted by molar-refractivity contribution is -0.111. The summed E-state index contributed by atoms with van der Waals surface area (Å²) in [5, 5.41) is 0. The molecule has 104 valence electrons. The Morgan fingerprint density at radius 3 is 2.16 bits per heavy atom. The SMILES string of the molecule is CC(C)=CCC/C(C)=C/CC/C(C)=C/C(=O)C=[N+]=[N-]. The molecule has 0 saturated heterocycles. The molecule has 0 rings (SSSR count). The van der Waals surface area contributed by atoms with Crippen molar-refractivity contribution in [2.45, 2.75) is 53.4 Å². The highest BCUT2D eigenvalue weighted by atomic mass is 16.1. The van der Waals surface area contributed by atoms with Crippen molar-refractivity contribution in [3.8, 4) is 0 Å². The number of carbonyl (C=O) groups is 1. The van der Waals surface area contributed by atoms with E-state index in [0.29, 0.717) is 0 Å². The monoisotopic (exact) mass is 260 g/mol. The fraction of sp³-hybridized carbons (Fsp3) is 0.500. The highest BCUT2D eigenvalue weighted by Crippen LogP contribution is 2.11. The summed E-state index contributed by atoms with van der Waals surface area (Å²) in [7, 11) is 0. The van der Waals surface area contributed by atoms with Crippen molar-refractivity contribution >= 4 is 12.0 Å². The Bertz CT molecular complexity index is 432. The maximum absolute atomic E-state index is 11.1. The van der Waals surface area contributed by atoms with E-state index in [2.05, 4.69) is 37.7 Å². The topological polar surface area (TPSA) is 53.5 Å². The number of ketones is 1. The minimum Gasteiger partial charge on any atom is -0.361 e. The van der Waals surface area contributed by atoms with Crippen LogP contribution in [0.4, 0.5) is 0 Å². The zero-order valence-electron chi connectivity index (χ0n) is 12.4. The molecular formula is C16H24N2O. The summed E-state index contributed by atoms with van der Waals surface area (Å²) >= 11 is 0. The lowest BCUT2D eigenvalue weighted by Crippen LogP contribution is -1.95. The van der Waals surface area contributed by atoms with E-state index in [1.165, 1.54) is 17.2 Å². The molecule has 0 aromatic rings. The van der Waals surface area contributed by atoms with E-state index < -0.39 is 0 Å². The summed E-state index contributed by atoms with van der Waals surface area (Å²) in [6.07, 6.45) is 10.8. The van der Waals surface area contributed by atoms with Crippen LogP contribution in [-0.2, 0) is 4.79 Å². The number of nitrogens with zero attached hydrogens (tertiary/aromatic N) is 2. The van der Waals surface area contributed by atoms with Crippen LogP contribution in [-0.4, -0.2) is 16.8 Å². The van der Waals surface area contributed by atoms with Gasteiger partial charge in [0.15, 0.2) is 0 Å². The van der Waals surface area contributed by atoms with E-state index in [-0.39, 0.29) is 5.78 Å². The van der Waals surface area contributed by atoms with Gasteiger partial charge in [-0.25, -0.2) is 0 Å². The van der Waals surface area contributed by atoms with Crippen molar-refractivity contribution in [3.63, 3.8) is 0 Å². The molecule has 0 saturated carbocycles. The van der Waals surface area contributed by atoms with Crippen LogP contribution in [0.2, 0.25) is 0 Å². The summed E-state index contributed by atoms with van der Waals surface area (Å²) < 4.78 is 0. The molecule has 0 unspecified atom stereocenters. The van der Waals surface area contributed by atoms with Crippen LogP contribution in [0.25, 0.3) is 5.53 Å². The zero-order valence-corrected chi connectivity index (χ0v) is 12.4. The van der Waals surface area contributed by atoms with Crippen molar-refractivity contribution in [2.75, 3.05) is 0 Å². The van der Waals surface area contributed by atoms with Crippen LogP contribution in [0.15, 0.2) is 34.9 Å². The first-order valence-electron chi connectivity index (χ1n) is 6.63. The Labute approximate surface area is 116 Å². The first kappa shape index (κ1) is 17.3. The van der Waals surface area contributed by atoms with Gasteiger partial charge in [-0.05, 0) is 59.5 Å². The van der Waals surface area contributed by atoms with Crippen LogP contribution in [0.5, 0.6) is 0 Å². The third-order valence-corrected chi connectivity index (χ3v) is 2.70. The molecule has 0 amide bonds. The smallest absolute Gasteiger partial charge is 0.327 e. The number of allylic oxidation sites excluding steroid dienone is 6. The molecule has 3 nitrogen and oxygen atoms in total. The van der Waals surface area contributed by atoms with Gasteiger partial charge < -0.3 is 5.53 Å². The summed E-state index contributed by atoms with van der Waals surface area (Å²) in [6.45, 7) is 8.27. The quantitative estimate of drug-likeness (QED) is 0.211. The average Bonchev–Trinajstić information content (AvgIpc) is 2.28. The molecule has 0 N–H and O–H groups in total. The van der Waals surface area contributed by atoms with Crippen LogP contribution in [0.1, 0.15) is 53.4 Å². The van der Waals surface area contributed by atoms with Crippen molar-refractivity contribution < 1.29 is 9.58 Å². The van der Waals surface area contributed by atoms with Gasteiger partial charge in [-0.3, -0.25) is 4.79 Å². The molecule has 0 aromatic heterocycles. The molecule has 0 heterocycles. The molecule has 0 bridgehead atoms. The second-order valence-corrected chi connectivity index (χ2v) is 5.05. The van der Waals surface area contributed by atoms with Crippen molar-refractivity contribution in [1.82, 2.24) is 0 Å². The van der Waals surface area contributed by atoms with Gasteiger partial charge in [0.25, 0.3) is 5.78 Å². The lowest BCUT2D eigenvalue weighted by atomic mass is 10.1. The van der Waals surface area contributed by atoms with Crippen molar-refractivity contribution in [2.24, 2.45) is 0 Å². The Morgan fingerprint density at radius 1 is 1.00 bits per heavy atom. The second-order valence-electron chi connectivity index (χ2n) is 5.05. The zero-order chi connectivity index (χ0) is 14.7. The van der Waals surface area contributed by atoms with E-state index in [1.54, 1.807) is 0 Å². The highest BCUT2D eigenvalue weighted by molar-refractivity contribution is 6.30. The standard InChI is InChI=1S/C16H24N2O/c1-13(2)7-5-8-14(3)9-6-10-15(4)11-16(19)12-18-17/h7,9,11-12H,5-6,8,10H2,1-4H3/b14-9+,15-11+. The Hall–Kier alpha value is -1.73. The normalized spacial score (nSPS) is 11.8. The van der Waals surface area contributed by atoms with Crippen molar-refractivity contribution in [3.05, 3.63) is 40.5 Å². The predicted octanol–water partition coefficient (Wildman–Crippen LogP) is 4.28. The average molecular weight is 260 g/mol. The number of hydrogen-bond donors (Lipinski definition) is 0. The maximum Gasteiger partial charge on any atom is 0.327 e. The molecular weight excluding hydrogens is 236 g/mol. The van der Waals surface area contributed by atoms with E-state index in [4.69, 9.17) is 5.53 Å². The van der Waals surface area contributed by atoms with E-state index >= 15 is 0 Å². The van der Waals surface area contributed by atoms with Gasteiger partial charge >= 0.3 is 6.21 Å². The predicted molar refractivity (Wildman–Crippen MR) is 80.1 cm³/mol. The van der Waals surface area contributed by atoms with E-state index in [9.17, 15) is 4.79 Å². The molecule has 3 heteroatoms. The summed E-state index contributed by atoms with van der Waals surface area (Å²) in [6, 6.07) is 0. The van der Waals surface area contributed by atoms with Gasteiger partial charge in [-0.2, -0.15) is 4.79 Å². The fourth-order valence-corrected chi connectivity index (χ4v) is 1.65. The van der Waals surface area contributed by atoms with Gasteiger partial charge in [-0.15, -0.1) is 0 Å². The number of carbonyl (C=O) groups excluding carboxylic acids is 1. The van der Waals surface area contributed by atoms with Gasteiger partial charge in [0.1, 0.15) is 0 Å². The maximum atomic E-state index is 11.1. The Balaban J connectivity index is 4.09. The number of rotatable bonds is 8. The van der Waals surface area contributed by atoms with Crippen LogP contribution < -0.4 is 0 Å². The number of hydrogen-bond acceptors (Lipinski definition) is 1. The molecule has 0 fully saturated rings. The minimum absolute atomic E-state index is 0.274. The molecule has 0 atom stereocenters. The minimum atomic E-state index is -0.274. The summed E-state index contributed by atoms with van der Waals surface area (Å²) in [5.74, 6) is -0.274. The van der Waals surface area contributed by atoms with Crippen molar-refractivity contribution in [1.29, 1.82) is 0 Å². The van der Waals surface area contributed by atoms with Gasteiger partial charge in [0.05, 0.1) is 0 Å². The van der Waals surface area contributed by atoms with Gasteiger partial charge in [-0.1, -0.05) is 28.9 Å². The Morgan fingerprint density at radius 2 is 1.58 bits per heavy atom. The van der Waals surface area contributed by atoms with Crippen LogP contribution in [0, 0.1) is 0 Å². The molecule has 19 heavy (non-hydrogen) atoms. The molecule has 0 aliphatic carbocycles. The van der Waals surface area contributed by atoms with Gasteiger partial charge in [0, 0.05) is 0 Å². The third-order valence-electron chi connectivity index (χ3n) is 2.70. The first-order chi connectivity index (χ1) is 8.95. The van der Waals surface area contributed by atoms with Crippen LogP contribution >= 0.6 is 0 Å². The molecule has 0 radical (unpaired) electrons. The van der Waals surface area contributed by atoms with E-state index in [1.807, 2.05) is 6.92 Å². The Kier molecular flexibility index (Phi) is 9.29. The lowest BCUT2D eigenvalue weighted by Gasteiger charge is -2.00. The van der Waals surface area contributed by atoms with Crippen LogP contribution in [0.3, 0.4) is 0 Å². The molecule has 0 aromatic carbocycles. The fourth-order valence-electron chi connectivity index (χ4n) is 1.65.